The second-order valence-corrected chi connectivity index (χ2v) is 5.54. The highest BCUT2D eigenvalue weighted by Crippen LogP contribution is 2.31. The second-order valence-electron chi connectivity index (χ2n) is 5.54. The van der Waals surface area contributed by atoms with Gasteiger partial charge in [0.15, 0.2) is 0 Å². The molecule has 1 aromatic heterocycles. The zero-order chi connectivity index (χ0) is 14.7. The Balaban J connectivity index is 1.65. The van der Waals surface area contributed by atoms with E-state index in [1.807, 2.05) is 41.9 Å². The number of carbonyl (C=O) groups is 1. The van der Waals surface area contributed by atoms with Crippen molar-refractivity contribution in [3.63, 3.8) is 0 Å². The van der Waals surface area contributed by atoms with E-state index in [2.05, 4.69) is 15.7 Å². The van der Waals surface area contributed by atoms with E-state index in [1.165, 1.54) is 18.4 Å². The van der Waals surface area contributed by atoms with Crippen LogP contribution in [0.5, 0.6) is 0 Å². The predicted octanol–water partition coefficient (Wildman–Crippen LogP) is 3.95. The topological polar surface area (TPSA) is 59.0 Å². The number of hydrogen-bond donors (Lipinski definition) is 2. The van der Waals surface area contributed by atoms with E-state index in [-0.39, 0.29) is 6.03 Å². The summed E-state index contributed by atoms with van der Waals surface area (Å²) in [5, 5.41) is 10.1. The minimum atomic E-state index is -0.237. The Bertz CT molecular complexity index is 611. The molecule has 1 aliphatic carbocycles. The van der Waals surface area contributed by atoms with Gasteiger partial charge in [0.2, 0.25) is 0 Å². The molecule has 0 spiro atoms. The van der Waals surface area contributed by atoms with Gasteiger partial charge in [-0.1, -0.05) is 30.5 Å². The van der Waals surface area contributed by atoms with Crippen molar-refractivity contribution in [1.82, 2.24) is 9.78 Å². The van der Waals surface area contributed by atoms with Gasteiger partial charge in [0.05, 0.1) is 12.2 Å². The van der Waals surface area contributed by atoms with Crippen molar-refractivity contribution in [1.29, 1.82) is 0 Å². The smallest absolute Gasteiger partial charge is 0.308 e. The average Bonchev–Trinajstić information content (AvgIpc) is 3.11. The number of nitrogens with zero attached hydrogens (tertiary/aromatic N) is 2. The average molecular weight is 284 g/mol. The lowest BCUT2D eigenvalue weighted by Gasteiger charge is -2.15. The molecule has 0 atom stereocenters. The van der Waals surface area contributed by atoms with E-state index in [9.17, 15) is 4.79 Å². The maximum absolute atomic E-state index is 12.1. The van der Waals surface area contributed by atoms with Gasteiger partial charge in [0, 0.05) is 11.8 Å². The third-order valence-corrected chi connectivity index (χ3v) is 3.89. The van der Waals surface area contributed by atoms with Gasteiger partial charge in [0.1, 0.15) is 5.82 Å². The van der Waals surface area contributed by atoms with Crippen LogP contribution in [0.4, 0.5) is 16.3 Å². The summed E-state index contributed by atoms with van der Waals surface area (Å²) in [6.07, 6.45) is 6.48. The first kappa shape index (κ1) is 13.7. The third-order valence-electron chi connectivity index (χ3n) is 3.89. The first-order chi connectivity index (χ1) is 10.2. The standard InChI is InChI=1S/C16H20N4O/c1-12-6-8-13(9-7-12)18-16(21)19-15-10-11-17-20(15)14-4-2-3-5-14/h6-11,14H,2-5H2,1H3,(H2,18,19,21). The van der Waals surface area contributed by atoms with Crippen LogP contribution >= 0.6 is 0 Å². The van der Waals surface area contributed by atoms with E-state index in [0.717, 1.165) is 24.3 Å². The molecule has 0 radical (unpaired) electrons. The molecular formula is C16H20N4O. The summed E-state index contributed by atoms with van der Waals surface area (Å²) in [5.41, 5.74) is 1.95. The summed E-state index contributed by atoms with van der Waals surface area (Å²) < 4.78 is 1.93. The molecule has 2 amide bonds. The number of aryl methyl sites for hydroxylation is 1. The number of rotatable bonds is 3. The molecule has 0 bridgehead atoms. The molecular weight excluding hydrogens is 264 g/mol. The van der Waals surface area contributed by atoms with Crippen LogP contribution in [-0.2, 0) is 0 Å². The number of carbonyl (C=O) groups excluding carboxylic acids is 1. The summed E-state index contributed by atoms with van der Waals surface area (Å²) in [7, 11) is 0. The lowest BCUT2D eigenvalue weighted by molar-refractivity contribution is 0.262. The highest BCUT2D eigenvalue weighted by Gasteiger charge is 2.20. The van der Waals surface area contributed by atoms with Crippen LogP contribution in [0.25, 0.3) is 0 Å². The minimum absolute atomic E-state index is 0.237. The van der Waals surface area contributed by atoms with Gasteiger partial charge in [-0.25, -0.2) is 9.48 Å². The predicted molar refractivity (Wildman–Crippen MR) is 83.6 cm³/mol. The van der Waals surface area contributed by atoms with Gasteiger partial charge in [-0.05, 0) is 31.9 Å². The second kappa shape index (κ2) is 5.99. The monoisotopic (exact) mass is 284 g/mol. The van der Waals surface area contributed by atoms with Gasteiger partial charge in [-0.15, -0.1) is 0 Å². The number of anilines is 2. The Morgan fingerprint density at radius 2 is 1.86 bits per heavy atom. The maximum Gasteiger partial charge on any atom is 0.324 e. The molecule has 5 heteroatoms. The molecule has 1 fully saturated rings. The van der Waals surface area contributed by atoms with Crippen molar-refractivity contribution in [2.75, 3.05) is 10.6 Å². The van der Waals surface area contributed by atoms with Gasteiger partial charge < -0.3 is 5.32 Å². The molecule has 21 heavy (non-hydrogen) atoms. The number of hydrogen-bond acceptors (Lipinski definition) is 2. The lowest BCUT2D eigenvalue weighted by Crippen LogP contribution is -2.22. The quantitative estimate of drug-likeness (QED) is 0.896. The summed E-state index contributed by atoms with van der Waals surface area (Å²) >= 11 is 0. The van der Waals surface area contributed by atoms with Crippen molar-refractivity contribution >= 4 is 17.5 Å². The molecule has 1 saturated carbocycles. The van der Waals surface area contributed by atoms with Gasteiger partial charge >= 0.3 is 6.03 Å². The molecule has 0 saturated heterocycles. The van der Waals surface area contributed by atoms with Crippen LogP contribution < -0.4 is 10.6 Å². The van der Waals surface area contributed by atoms with Gasteiger partial charge in [0.25, 0.3) is 0 Å². The summed E-state index contributed by atoms with van der Waals surface area (Å²) in [5.74, 6) is 0.756. The summed E-state index contributed by atoms with van der Waals surface area (Å²) in [6.45, 7) is 2.02. The fourth-order valence-electron chi connectivity index (χ4n) is 2.77. The number of benzene rings is 1. The molecule has 0 aliphatic heterocycles. The number of urea groups is 1. The van der Waals surface area contributed by atoms with E-state index in [1.54, 1.807) is 6.20 Å². The van der Waals surface area contributed by atoms with E-state index >= 15 is 0 Å². The third kappa shape index (κ3) is 3.24. The van der Waals surface area contributed by atoms with Crippen LogP contribution in [-0.4, -0.2) is 15.8 Å². The number of amides is 2. The Kier molecular flexibility index (Phi) is 3.90. The molecule has 0 unspecified atom stereocenters. The van der Waals surface area contributed by atoms with Crippen molar-refractivity contribution < 1.29 is 4.79 Å². The molecule has 110 valence electrons. The normalized spacial score (nSPS) is 15.1. The van der Waals surface area contributed by atoms with Crippen LogP contribution in [0, 0.1) is 6.92 Å². The van der Waals surface area contributed by atoms with E-state index < -0.39 is 0 Å². The molecule has 2 aromatic rings. The van der Waals surface area contributed by atoms with Crippen molar-refractivity contribution in [2.45, 2.75) is 38.6 Å². The van der Waals surface area contributed by atoms with Crippen LogP contribution in [0.15, 0.2) is 36.5 Å². The molecule has 1 heterocycles. The van der Waals surface area contributed by atoms with Crippen LogP contribution in [0.3, 0.4) is 0 Å². The first-order valence-corrected chi connectivity index (χ1v) is 7.40. The fraction of sp³-hybridized carbons (Fsp3) is 0.375. The molecule has 5 nitrogen and oxygen atoms in total. The van der Waals surface area contributed by atoms with Gasteiger partial charge in [-0.2, -0.15) is 5.10 Å². The largest absolute Gasteiger partial charge is 0.324 e. The van der Waals surface area contributed by atoms with Crippen LogP contribution in [0.1, 0.15) is 37.3 Å². The Hall–Kier alpha value is -2.30. The van der Waals surface area contributed by atoms with E-state index in [4.69, 9.17) is 0 Å². The van der Waals surface area contributed by atoms with Crippen molar-refractivity contribution in [2.24, 2.45) is 0 Å². The maximum atomic E-state index is 12.1. The zero-order valence-corrected chi connectivity index (χ0v) is 12.2. The Morgan fingerprint density at radius 3 is 2.57 bits per heavy atom. The highest BCUT2D eigenvalue weighted by molar-refractivity contribution is 5.99. The van der Waals surface area contributed by atoms with Gasteiger partial charge in [-0.3, -0.25) is 5.32 Å². The fourth-order valence-corrected chi connectivity index (χ4v) is 2.77. The first-order valence-electron chi connectivity index (χ1n) is 7.40. The lowest BCUT2D eigenvalue weighted by atomic mass is 10.2. The zero-order valence-electron chi connectivity index (χ0n) is 12.2. The molecule has 1 aromatic carbocycles. The van der Waals surface area contributed by atoms with Crippen molar-refractivity contribution in [3.8, 4) is 0 Å². The van der Waals surface area contributed by atoms with Crippen molar-refractivity contribution in [3.05, 3.63) is 42.1 Å². The molecule has 3 rings (SSSR count). The Morgan fingerprint density at radius 1 is 1.14 bits per heavy atom. The van der Waals surface area contributed by atoms with Crippen LogP contribution in [0.2, 0.25) is 0 Å². The molecule has 1 aliphatic rings. The minimum Gasteiger partial charge on any atom is -0.308 e. The summed E-state index contributed by atoms with van der Waals surface area (Å²) in [4.78, 5) is 12.1. The number of aromatic nitrogens is 2. The highest BCUT2D eigenvalue weighted by atomic mass is 16.2. The number of nitrogens with one attached hydrogen (secondary N) is 2. The molecule has 2 N–H and O–H groups in total. The summed E-state index contributed by atoms with van der Waals surface area (Å²) in [6, 6.07) is 9.74. The van der Waals surface area contributed by atoms with E-state index in [0.29, 0.717) is 6.04 Å². The SMILES string of the molecule is Cc1ccc(NC(=O)Nc2ccnn2C2CCCC2)cc1. The Labute approximate surface area is 124 Å².